The lowest BCUT2D eigenvalue weighted by atomic mass is 9.79. The smallest absolute Gasteiger partial charge is 0.0568 e. The molecular weight excluding hydrogens is 240 g/mol. The number of rotatable bonds is 4. The molecule has 1 saturated carbocycles. The van der Waals surface area contributed by atoms with Crippen molar-refractivity contribution in [3.8, 4) is 0 Å². The third-order valence-corrected chi connectivity index (χ3v) is 4.85. The second-order valence-corrected chi connectivity index (χ2v) is 6.63. The summed E-state index contributed by atoms with van der Waals surface area (Å²) in [6, 6.07) is 0.416. The summed E-state index contributed by atoms with van der Waals surface area (Å²) in [5.41, 5.74) is 6.08. The number of nitrogens with two attached hydrogens (primary N) is 1. The van der Waals surface area contributed by atoms with Crippen LogP contribution in [0.5, 0.6) is 0 Å². The first kappa shape index (κ1) is 15.2. The highest BCUT2D eigenvalue weighted by molar-refractivity contribution is 4.99. The van der Waals surface area contributed by atoms with Crippen LogP contribution >= 0.6 is 0 Å². The lowest BCUT2D eigenvalue weighted by Crippen LogP contribution is -2.62. The molecule has 4 heteroatoms. The lowest BCUT2D eigenvalue weighted by molar-refractivity contribution is -0.0725. The molecular formula is C15H30N2O2. The van der Waals surface area contributed by atoms with E-state index in [1.807, 2.05) is 0 Å². The van der Waals surface area contributed by atoms with E-state index in [4.69, 9.17) is 10.5 Å². The fraction of sp³-hybridized carbons (Fsp3) is 1.00. The monoisotopic (exact) mass is 270 g/mol. The van der Waals surface area contributed by atoms with Crippen LogP contribution in [0.3, 0.4) is 0 Å². The average molecular weight is 270 g/mol. The van der Waals surface area contributed by atoms with E-state index in [9.17, 15) is 5.11 Å². The number of aliphatic hydroxyl groups excluding tert-OH is 1. The van der Waals surface area contributed by atoms with Crippen LogP contribution in [0.2, 0.25) is 0 Å². The summed E-state index contributed by atoms with van der Waals surface area (Å²) in [7, 11) is 0. The van der Waals surface area contributed by atoms with Gasteiger partial charge in [-0.05, 0) is 45.4 Å². The highest BCUT2D eigenvalue weighted by atomic mass is 16.5. The highest BCUT2D eigenvalue weighted by Gasteiger charge is 2.40. The first-order valence-electron chi connectivity index (χ1n) is 7.82. The van der Waals surface area contributed by atoms with Crippen molar-refractivity contribution in [3.63, 3.8) is 0 Å². The third-order valence-electron chi connectivity index (χ3n) is 4.85. The Hall–Kier alpha value is -0.160. The van der Waals surface area contributed by atoms with Gasteiger partial charge in [0.25, 0.3) is 0 Å². The first-order valence-corrected chi connectivity index (χ1v) is 7.82. The van der Waals surface area contributed by atoms with Gasteiger partial charge in [0.15, 0.2) is 0 Å². The van der Waals surface area contributed by atoms with Crippen LogP contribution < -0.4 is 11.1 Å². The molecule has 4 N–H and O–H groups in total. The molecule has 1 aliphatic heterocycles. The standard InChI is InChI=1S/C15H30N2O2/c1-11-7-15(10-16,8-12(2)19-11)17-14-6-4-3-5-13(14)9-18/h11-14,17-18H,3-10,16H2,1-2H3. The van der Waals surface area contributed by atoms with Gasteiger partial charge >= 0.3 is 0 Å². The van der Waals surface area contributed by atoms with Gasteiger partial charge in [-0.15, -0.1) is 0 Å². The predicted molar refractivity (Wildman–Crippen MR) is 77.0 cm³/mol. The molecule has 2 aliphatic rings. The van der Waals surface area contributed by atoms with Crippen LogP contribution in [0.4, 0.5) is 0 Å². The van der Waals surface area contributed by atoms with E-state index < -0.39 is 0 Å². The van der Waals surface area contributed by atoms with Gasteiger partial charge in [-0.3, -0.25) is 0 Å². The molecule has 0 bridgehead atoms. The number of aliphatic hydroxyl groups is 1. The maximum absolute atomic E-state index is 9.56. The molecule has 4 nitrogen and oxygen atoms in total. The molecule has 1 aliphatic carbocycles. The van der Waals surface area contributed by atoms with Crippen LogP contribution in [-0.4, -0.2) is 42.0 Å². The average Bonchev–Trinajstić information content (AvgIpc) is 2.38. The van der Waals surface area contributed by atoms with Crippen LogP contribution in [-0.2, 0) is 4.74 Å². The maximum atomic E-state index is 9.56. The van der Waals surface area contributed by atoms with E-state index in [1.165, 1.54) is 12.8 Å². The van der Waals surface area contributed by atoms with Gasteiger partial charge in [0.05, 0.1) is 12.2 Å². The number of nitrogens with one attached hydrogen (secondary N) is 1. The zero-order valence-corrected chi connectivity index (χ0v) is 12.4. The minimum Gasteiger partial charge on any atom is -0.396 e. The third kappa shape index (κ3) is 3.69. The van der Waals surface area contributed by atoms with Gasteiger partial charge in [-0.1, -0.05) is 12.8 Å². The molecule has 2 rings (SSSR count). The summed E-state index contributed by atoms with van der Waals surface area (Å²) in [5.74, 6) is 0.394. The topological polar surface area (TPSA) is 67.5 Å². The zero-order chi connectivity index (χ0) is 13.9. The van der Waals surface area contributed by atoms with Crippen molar-refractivity contribution in [3.05, 3.63) is 0 Å². The number of hydrogen-bond acceptors (Lipinski definition) is 4. The Morgan fingerprint density at radius 1 is 1.21 bits per heavy atom. The molecule has 4 unspecified atom stereocenters. The van der Waals surface area contributed by atoms with Gasteiger partial charge in [0.2, 0.25) is 0 Å². The Morgan fingerprint density at radius 2 is 1.84 bits per heavy atom. The van der Waals surface area contributed by atoms with E-state index >= 15 is 0 Å². The minimum atomic E-state index is -0.00743. The fourth-order valence-corrected chi connectivity index (χ4v) is 4.03. The summed E-state index contributed by atoms with van der Waals surface area (Å²) in [6.07, 6.45) is 7.27. The molecule has 2 fully saturated rings. The van der Waals surface area contributed by atoms with Crippen molar-refractivity contribution in [2.75, 3.05) is 13.2 Å². The highest BCUT2D eigenvalue weighted by Crippen LogP contribution is 2.32. The fourth-order valence-electron chi connectivity index (χ4n) is 4.03. The molecule has 0 aromatic carbocycles. The van der Waals surface area contributed by atoms with Crippen LogP contribution in [0.25, 0.3) is 0 Å². The van der Waals surface area contributed by atoms with Gasteiger partial charge in [-0.2, -0.15) is 0 Å². The Labute approximate surface area is 117 Å². The Balaban J connectivity index is 2.04. The van der Waals surface area contributed by atoms with Crippen LogP contribution in [0.15, 0.2) is 0 Å². The summed E-state index contributed by atoms with van der Waals surface area (Å²) in [6.45, 7) is 5.21. The van der Waals surface area contributed by atoms with Crippen molar-refractivity contribution in [2.24, 2.45) is 11.7 Å². The molecule has 112 valence electrons. The van der Waals surface area contributed by atoms with Gasteiger partial charge in [-0.25, -0.2) is 0 Å². The van der Waals surface area contributed by atoms with E-state index in [2.05, 4.69) is 19.2 Å². The summed E-state index contributed by atoms with van der Waals surface area (Å²) in [5, 5.41) is 13.4. The molecule has 1 heterocycles. The number of hydrogen-bond donors (Lipinski definition) is 3. The van der Waals surface area contributed by atoms with Gasteiger partial charge in [0.1, 0.15) is 0 Å². The normalized spacial score (nSPS) is 44.2. The van der Waals surface area contributed by atoms with E-state index in [0.29, 0.717) is 25.1 Å². The van der Waals surface area contributed by atoms with Crippen molar-refractivity contribution in [1.29, 1.82) is 0 Å². The van der Waals surface area contributed by atoms with Gasteiger partial charge in [0, 0.05) is 24.7 Å². The molecule has 0 aromatic heterocycles. The van der Waals surface area contributed by atoms with E-state index in [1.54, 1.807) is 0 Å². The molecule has 0 aromatic rings. The SMILES string of the molecule is CC1CC(CN)(NC2CCCCC2CO)CC(C)O1. The molecule has 19 heavy (non-hydrogen) atoms. The van der Waals surface area contributed by atoms with Gasteiger partial charge < -0.3 is 20.9 Å². The van der Waals surface area contributed by atoms with Crippen molar-refractivity contribution < 1.29 is 9.84 Å². The van der Waals surface area contributed by atoms with E-state index in [-0.39, 0.29) is 17.7 Å². The molecule has 1 saturated heterocycles. The zero-order valence-electron chi connectivity index (χ0n) is 12.4. The Kier molecular flexibility index (Phi) is 5.23. The molecule has 4 atom stereocenters. The van der Waals surface area contributed by atoms with E-state index in [0.717, 1.165) is 25.7 Å². The summed E-state index contributed by atoms with van der Waals surface area (Å²) < 4.78 is 5.84. The Bertz CT molecular complexity index is 275. The first-order chi connectivity index (χ1) is 9.08. The molecule has 0 amide bonds. The summed E-state index contributed by atoms with van der Waals surface area (Å²) in [4.78, 5) is 0. The van der Waals surface area contributed by atoms with Crippen molar-refractivity contribution in [2.45, 2.75) is 76.2 Å². The quantitative estimate of drug-likeness (QED) is 0.722. The molecule has 0 radical (unpaired) electrons. The second kappa shape index (κ2) is 6.53. The van der Waals surface area contributed by atoms with Crippen molar-refractivity contribution in [1.82, 2.24) is 5.32 Å². The van der Waals surface area contributed by atoms with Crippen molar-refractivity contribution >= 4 is 0 Å². The number of ether oxygens (including phenoxy) is 1. The second-order valence-electron chi connectivity index (χ2n) is 6.63. The summed E-state index contributed by atoms with van der Waals surface area (Å²) >= 11 is 0. The van der Waals surface area contributed by atoms with Crippen LogP contribution in [0.1, 0.15) is 52.4 Å². The largest absolute Gasteiger partial charge is 0.396 e. The minimum absolute atomic E-state index is 0.00743. The lowest BCUT2D eigenvalue weighted by Gasteiger charge is -2.47. The predicted octanol–water partition coefficient (Wildman–Crippen LogP) is 1.41. The molecule has 0 spiro atoms. The Morgan fingerprint density at radius 3 is 2.42 bits per heavy atom. The van der Waals surface area contributed by atoms with Crippen LogP contribution in [0, 0.1) is 5.92 Å². The maximum Gasteiger partial charge on any atom is 0.0568 e.